The number of esters is 3. The lowest BCUT2D eigenvalue weighted by molar-refractivity contribution is -0.166. The number of ether oxygens (including phenoxy) is 3. The van der Waals surface area contributed by atoms with Crippen LogP contribution in [-0.4, -0.2) is 37.2 Å². The molecule has 0 heterocycles. The predicted molar refractivity (Wildman–Crippen MR) is 325 cm³/mol. The van der Waals surface area contributed by atoms with E-state index in [4.69, 9.17) is 14.2 Å². The van der Waals surface area contributed by atoms with Crippen molar-refractivity contribution in [2.75, 3.05) is 13.2 Å². The van der Waals surface area contributed by atoms with Gasteiger partial charge in [0.15, 0.2) is 6.10 Å². The van der Waals surface area contributed by atoms with Gasteiger partial charge in [0.1, 0.15) is 13.2 Å². The predicted octanol–water partition coefficient (Wildman–Crippen LogP) is 20.5. The molecule has 0 N–H and O–H groups in total. The van der Waals surface area contributed by atoms with E-state index >= 15 is 0 Å². The normalized spacial score (nSPS) is 13.3. The fourth-order valence-electron chi connectivity index (χ4n) is 7.58. The van der Waals surface area contributed by atoms with E-state index in [-0.39, 0.29) is 37.5 Å². The summed E-state index contributed by atoms with van der Waals surface area (Å²) in [5.41, 5.74) is 0. The van der Waals surface area contributed by atoms with Crippen molar-refractivity contribution in [1.29, 1.82) is 0 Å². The van der Waals surface area contributed by atoms with Crippen LogP contribution in [0.4, 0.5) is 0 Å². The summed E-state index contributed by atoms with van der Waals surface area (Å²) in [6.07, 6.45) is 89.6. The van der Waals surface area contributed by atoms with E-state index in [0.29, 0.717) is 19.3 Å². The number of rotatable bonds is 52. The molecule has 0 aromatic carbocycles. The standard InChI is InChI=1S/C69H108O6/c1-4-7-10-13-16-19-22-25-28-31-34-37-40-43-46-49-52-55-58-61-67(70)73-64-66(75-69(72)63-60-57-54-51-48-45-42-39-36-33-30-27-24-21-18-15-12-9-6-3)65-74-68(71)62-59-56-53-50-47-44-41-38-35-32-29-26-23-20-17-14-11-8-5-2/h7-8,10-11,16-21,25-30,34-35,37-38,43-44,46-47,52,55,66H,4-6,9,12-15,22-24,31-33,36,39-42,45,48-51,53-54,56-65H2,1-3H3/b10-7-,11-8-,19-16-,20-17-,21-18-,28-25-,29-26-,30-27-,37-34-,38-35-,46-43-,47-44-,55-52-/t66-/m1/s1. The Kier molecular flexibility index (Phi) is 57.5. The van der Waals surface area contributed by atoms with E-state index in [1.807, 2.05) is 12.2 Å². The second-order valence-corrected chi connectivity index (χ2v) is 19.1. The summed E-state index contributed by atoms with van der Waals surface area (Å²) in [4.78, 5) is 38.2. The Morgan fingerprint density at radius 2 is 0.547 bits per heavy atom. The number of allylic oxidation sites excluding steroid dienone is 26. The van der Waals surface area contributed by atoms with Crippen LogP contribution < -0.4 is 0 Å². The van der Waals surface area contributed by atoms with Crippen LogP contribution in [0.3, 0.4) is 0 Å². The Morgan fingerprint density at radius 1 is 0.280 bits per heavy atom. The van der Waals surface area contributed by atoms with Gasteiger partial charge in [0.25, 0.3) is 0 Å². The van der Waals surface area contributed by atoms with E-state index < -0.39 is 6.10 Å². The molecule has 0 radical (unpaired) electrons. The van der Waals surface area contributed by atoms with E-state index in [9.17, 15) is 14.4 Å². The van der Waals surface area contributed by atoms with Crippen LogP contribution in [-0.2, 0) is 28.6 Å². The first-order valence-corrected chi connectivity index (χ1v) is 30.0. The molecule has 6 nitrogen and oxygen atoms in total. The van der Waals surface area contributed by atoms with Gasteiger partial charge in [-0.05, 0) is 135 Å². The topological polar surface area (TPSA) is 78.9 Å². The number of unbranched alkanes of at least 4 members (excludes halogenated alkanes) is 15. The van der Waals surface area contributed by atoms with Gasteiger partial charge >= 0.3 is 17.9 Å². The molecule has 6 heteroatoms. The highest BCUT2D eigenvalue weighted by Crippen LogP contribution is 2.14. The molecule has 0 bridgehead atoms. The Morgan fingerprint density at radius 3 is 0.907 bits per heavy atom. The third kappa shape index (κ3) is 59.8. The average Bonchev–Trinajstić information content (AvgIpc) is 3.41. The maximum absolute atomic E-state index is 12.9. The highest BCUT2D eigenvalue weighted by molar-refractivity contribution is 5.71. The quantitative estimate of drug-likeness (QED) is 0.0261. The van der Waals surface area contributed by atoms with Gasteiger partial charge in [-0.25, -0.2) is 0 Å². The van der Waals surface area contributed by atoms with Gasteiger partial charge in [0.05, 0.1) is 0 Å². The second kappa shape index (κ2) is 61.6. The van der Waals surface area contributed by atoms with Crippen molar-refractivity contribution >= 4 is 17.9 Å². The van der Waals surface area contributed by atoms with Gasteiger partial charge in [-0.15, -0.1) is 0 Å². The summed E-state index contributed by atoms with van der Waals surface area (Å²) in [6, 6.07) is 0. The van der Waals surface area contributed by atoms with Gasteiger partial charge in [-0.3, -0.25) is 14.4 Å². The minimum absolute atomic E-state index is 0.127. The molecule has 420 valence electrons. The molecule has 0 unspecified atom stereocenters. The molecule has 0 aromatic rings. The lowest BCUT2D eigenvalue weighted by Gasteiger charge is -2.18. The van der Waals surface area contributed by atoms with E-state index in [0.717, 1.165) is 122 Å². The highest BCUT2D eigenvalue weighted by Gasteiger charge is 2.19. The zero-order valence-corrected chi connectivity index (χ0v) is 48.0. The third-order valence-corrected chi connectivity index (χ3v) is 12.0. The van der Waals surface area contributed by atoms with Crippen LogP contribution in [0.1, 0.15) is 239 Å². The summed E-state index contributed by atoms with van der Waals surface area (Å²) in [5, 5.41) is 0. The van der Waals surface area contributed by atoms with Crippen LogP contribution in [0.15, 0.2) is 158 Å². The molecule has 0 aliphatic carbocycles. The fraction of sp³-hybridized carbons (Fsp3) is 0.580. The summed E-state index contributed by atoms with van der Waals surface area (Å²) < 4.78 is 16.8. The Balaban J connectivity index is 4.59. The average molecular weight is 1030 g/mol. The van der Waals surface area contributed by atoms with E-state index in [2.05, 4.69) is 167 Å². The molecule has 0 rings (SSSR count). The molecule has 0 aliphatic heterocycles. The minimum Gasteiger partial charge on any atom is -0.462 e. The number of hydrogen-bond donors (Lipinski definition) is 0. The molecule has 0 aromatic heterocycles. The third-order valence-electron chi connectivity index (χ3n) is 12.0. The first-order valence-electron chi connectivity index (χ1n) is 30.0. The Hall–Kier alpha value is -4.97. The summed E-state index contributed by atoms with van der Waals surface area (Å²) in [6.45, 7) is 6.28. The molecule has 0 aliphatic rings. The maximum Gasteiger partial charge on any atom is 0.306 e. The summed E-state index contributed by atoms with van der Waals surface area (Å²) in [5.74, 6) is -1.05. The van der Waals surface area contributed by atoms with Crippen molar-refractivity contribution in [2.24, 2.45) is 0 Å². The first-order chi connectivity index (χ1) is 37.0. The van der Waals surface area contributed by atoms with Gasteiger partial charge in [0, 0.05) is 19.3 Å². The van der Waals surface area contributed by atoms with E-state index in [1.165, 1.54) is 70.6 Å². The van der Waals surface area contributed by atoms with Gasteiger partial charge in [0.2, 0.25) is 0 Å². The van der Waals surface area contributed by atoms with Crippen LogP contribution >= 0.6 is 0 Å². The lowest BCUT2D eigenvalue weighted by atomic mass is 10.1. The molecule has 1 atom stereocenters. The molecule has 0 amide bonds. The smallest absolute Gasteiger partial charge is 0.306 e. The van der Waals surface area contributed by atoms with E-state index in [1.54, 1.807) is 0 Å². The zero-order chi connectivity index (χ0) is 54.3. The lowest BCUT2D eigenvalue weighted by Crippen LogP contribution is -2.30. The molecular weight excluding hydrogens is 925 g/mol. The first kappa shape index (κ1) is 70.0. The van der Waals surface area contributed by atoms with Gasteiger partial charge in [-0.2, -0.15) is 0 Å². The molecular formula is C69H108O6. The molecule has 75 heavy (non-hydrogen) atoms. The zero-order valence-electron chi connectivity index (χ0n) is 48.0. The fourth-order valence-corrected chi connectivity index (χ4v) is 7.58. The molecule has 0 saturated heterocycles. The molecule has 0 saturated carbocycles. The highest BCUT2D eigenvalue weighted by atomic mass is 16.6. The van der Waals surface area contributed by atoms with Crippen molar-refractivity contribution in [1.82, 2.24) is 0 Å². The van der Waals surface area contributed by atoms with Crippen LogP contribution in [0.2, 0.25) is 0 Å². The van der Waals surface area contributed by atoms with Crippen molar-refractivity contribution in [3.05, 3.63) is 158 Å². The van der Waals surface area contributed by atoms with Crippen molar-refractivity contribution in [3.8, 4) is 0 Å². The molecule has 0 fully saturated rings. The largest absolute Gasteiger partial charge is 0.462 e. The maximum atomic E-state index is 12.9. The minimum atomic E-state index is -0.834. The summed E-state index contributed by atoms with van der Waals surface area (Å²) >= 11 is 0. The van der Waals surface area contributed by atoms with Crippen molar-refractivity contribution < 1.29 is 28.6 Å². The Bertz CT molecular complexity index is 1710. The van der Waals surface area contributed by atoms with Crippen LogP contribution in [0.25, 0.3) is 0 Å². The summed E-state index contributed by atoms with van der Waals surface area (Å²) in [7, 11) is 0. The Labute approximate surface area is 460 Å². The van der Waals surface area contributed by atoms with Crippen molar-refractivity contribution in [2.45, 2.75) is 245 Å². The van der Waals surface area contributed by atoms with Crippen LogP contribution in [0, 0.1) is 0 Å². The van der Waals surface area contributed by atoms with Gasteiger partial charge < -0.3 is 14.2 Å². The van der Waals surface area contributed by atoms with Crippen molar-refractivity contribution in [3.63, 3.8) is 0 Å². The number of carbonyl (C=O) groups is 3. The number of hydrogen-bond acceptors (Lipinski definition) is 6. The molecule has 0 spiro atoms. The SMILES string of the molecule is CC/C=C\C/C=C\C/C=C\C/C=C\C/C=C\C/C=C\CCC(=O)OC[C@H](COC(=O)CCCCC/C=C\C/C=C\C/C=C\C/C=C\C/C=C\CC)OC(=O)CCCCCCCCCCC/C=C\C/C=C\CCCCC. The van der Waals surface area contributed by atoms with Crippen LogP contribution in [0.5, 0.6) is 0 Å². The number of carbonyl (C=O) groups excluding carboxylic acids is 3. The monoisotopic (exact) mass is 1030 g/mol. The van der Waals surface area contributed by atoms with Gasteiger partial charge in [-0.1, -0.05) is 243 Å². The second-order valence-electron chi connectivity index (χ2n) is 19.1.